The minimum absolute atomic E-state index is 0.0445. The summed E-state index contributed by atoms with van der Waals surface area (Å²) in [6.07, 6.45) is 0. The number of esters is 1. The van der Waals surface area contributed by atoms with Crippen LogP contribution in [0.15, 0.2) is 60.7 Å². The maximum Gasteiger partial charge on any atom is 0.349 e. The summed E-state index contributed by atoms with van der Waals surface area (Å²) in [6, 6.07) is 16.4. The minimum Gasteiger partial charge on any atom is -0.463 e. The van der Waals surface area contributed by atoms with E-state index in [1.54, 1.807) is 67.6 Å². The van der Waals surface area contributed by atoms with E-state index >= 15 is 0 Å². The van der Waals surface area contributed by atoms with Crippen molar-refractivity contribution in [3.8, 4) is 0 Å². The molecule has 0 aromatic heterocycles. The zero-order valence-electron chi connectivity index (χ0n) is 11.6. The summed E-state index contributed by atoms with van der Waals surface area (Å²) in [5, 5.41) is 0.605. The summed E-state index contributed by atoms with van der Waals surface area (Å²) in [5.41, 5.74) is 0. The number of rotatable bonds is 5. The Bertz CT molecular complexity index is 600. The normalized spacial score (nSPS) is 12.7. The minimum atomic E-state index is -3.74. The molecule has 0 heterocycles. The molecule has 0 amide bonds. The highest BCUT2D eigenvalue weighted by molar-refractivity contribution is 7.79. The Balaban J connectivity index is 2.55. The third-order valence-electron chi connectivity index (χ3n) is 3.08. The van der Waals surface area contributed by atoms with Crippen LogP contribution in [0.4, 0.5) is 4.39 Å². The van der Waals surface area contributed by atoms with E-state index in [1.165, 1.54) is 0 Å². The van der Waals surface area contributed by atoms with Gasteiger partial charge in [0.15, 0.2) is 7.14 Å². The molecule has 0 fully saturated rings. The number of halogens is 1. The van der Waals surface area contributed by atoms with Crippen molar-refractivity contribution < 1.29 is 18.5 Å². The molecule has 21 heavy (non-hydrogen) atoms. The van der Waals surface area contributed by atoms with E-state index in [2.05, 4.69) is 0 Å². The first-order chi connectivity index (χ1) is 10.1. The molecule has 0 N–H and O–H groups in total. The lowest BCUT2D eigenvalue weighted by molar-refractivity contribution is -0.145. The molecule has 0 unspecified atom stereocenters. The van der Waals surface area contributed by atoms with Gasteiger partial charge in [-0.3, -0.25) is 0 Å². The highest BCUT2D eigenvalue weighted by Crippen LogP contribution is 2.49. The zero-order chi connectivity index (χ0) is 15.3. The van der Waals surface area contributed by atoms with Crippen molar-refractivity contribution >= 4 is 23.7 Å². The van der Waals surface area contributed by atoms with E-state index in [1.807, 2.05) is 0 Å². The molecule has 2 rings (SSSR count). The second-order valence-corrected chi connectivity index (χ2v) is 7.22. The van der Waals surface area contributed by atoms with Crippen LogP contribution in [0.1, 0.15) is 6.92 Å². The fourth-order valence-corrected chi connectivity index (χ4v) is 4.49. The van der Waals surface area contributed by atoms with Crippen LogP contribution in [0.5, 0.6) is 0 Å². The zero-order valence-corrected chi connectivity index (χ0v) is 12.5. The number of ether oxygens (including phenoxy) is 1. The largest absolute Gasteiger partial charge is 0.463 e. The fraction of sp³-hybridized carbons (Fsp3) is 0.188. The molecular formula is C16H16FO3P. The lowest BCUT2D eigenvalue weighted by Gasteiger charge is -2.21. The van der Waals surface area contributed by atoms with Crippen molar-refractivity contribution in [3.63, 3.8) is 0 Å². The van der Waals surface area contributed by atoms with Gasteiger partial charge in [0.05, 0.1) is 6.61 Å². The van der Waals surface area contributed by atoms with Crippen molar-refractivity contribution in [3.05, 3.63) is 60.7 Å². The van der Waals surface area contributed by atoms with Gasteiger partial charge in [0.2, 0.25) is 0 Å². The van der Waals surface area contributed by atoms with E-state index in [0.29, 0.717) is 10.6 Å². The third kappa shape index (κ3) is 3.06. The quantitative estimate of drug-likeness (QED) is 0.630. The number of benzene rings is 2. The van der Waals surface area contributed by atoms with E-state index in [9.17, 15) is 13.8 Å². The van der Waals surface area contributed by atoms with Crippen molar-refractivity contribution in [1.82, 2.24) is 0 Å². The maximum absolute atomic E-state index is 14.7. The average Bonchev–Trinajstić information content (AvgIpc) is 2.55. The highest BCUT2D eigenvalue weighted by Gasteiger charge is 2.42. The number of hydrogen-bond acceptors (Lipinski definition) is 3. The topological polar surface area (TPSA) is 43.4 Å². The van der Waals surface area contributed by atoms with Gasteiger partial charge in [0.1, 0.15) is 0 Å². The Morgan fingerprint density at radius 2 is 1.48 bits per heavy atom. The van der Waals surface area contributed by atoms with Crippen LogP contribution >= 0.6 is 7.14 Å². The van der Waals surface area contributed by atoms with Gasteiger partial charge in [-0.25, -0.2) is 9.18 Å². The van der Waals surface area contributed by atoms with Crippen LogP contribution in [-0.2, 0) is 14.1 Å². The highest BCUT2D eigenvalue weighted by atomic mass is 31.2. The van der Waals surface area contributed by atoms with E-state index < -0.39 is 19.0 Å². The van der Waals surface area contributed by atoms with Gasteiger partial charge in [-0.05, 0) is 6.92 Å². The Morgan fingerprint density at radius 1 is 1.05 bits per heavy atom. The van der Waals surface area contributed by atoms with Crippen LogP contribution in [0.3, 0.4) is 0 Å². The first-order valence-corrected chi connectivity index (χ1v) is 8.40. The van der Waals surface area contributed by atoms with Gasteiger partial charge in [0, 0.05) is 10.6 Å². The van der Waals surface area contributed by atoms with E-state index in [0.717, 1.165) is 0 Å². The van der Waals surface area contributed by atoms with Gasteiger partial charge in [-0.1, -0.05) is 60.7 Å². The van der Waals surface area contributed by atoms with Crippen LogP contribution in [0.25, 0.3) is 0 Å². The Morgan fingerprint density at radius 3 is 1.86 bits per heavy atom. The SMILES string of the molecule is CCOC(=O)[C@@H](F)P(=O)(c1ccccc1)c1ccccc1. The Kier molecular flexibility index (Phi) is 4.92. The van der Waals surface area contributed by atoms with Gasteiger partial charge >= 0.3 is 5.97 Å². The first-order valence-electron chi connectivity index (χ1n) is 6.62. The molecule has 5 heteroatoms. The van der Waals surface area contributed by atoms with Gasteiger partial charge in [-0.15, -0.1) is 0 Å². The second kappa shape index (κ2) is 6.68. The van der Waals surface area contributed by atoms with Crippen LogP contribution < -0.4 is 10.6 Å². The van der Waals surface area contributed by atoms with E-state index in [-0.39, 0.29) is 6.61 Å². The number of hydrogen-bond donors (Lipinski definition) is 0. The fourth-order valence-electron chi connectivity index (χ4n) is 2.07. The predicted octanol–water partition coefficient (Wildman–Crippen LogP) is 2.86. The van der Waals surface area contributed by atoms with Crippen LogP contribution in [0, 0.1) is 0 Å². The summed E-state index contributed by atoms with van der Waals surface area (Å²) >= 11 is 0. The smallest absolute Gasteiger partial charge is 0.349 e. The van der Waals surface area contributed by atoms with Crippen molar-refractivity contribution in [2.45, 2.75) is 12.8 Å². The molecule has 2 aromatic carbocycles. The molecule has 0 aliphatic carbocycles. The van der Waals surface area contributed by atoms with E-state index in [4.69, 9.17) is 4.74 Å². The summed E-state index contributed by atoms with van der Waals surface area (Å²) in [5.74, 6) is -3.30. The predicted molar refractivity (Wildman–Crippen MR) is 81.3 cm³/mol. The third-order valence-corrected chi connectivity index (χ3v) is 6.06. The molecule has 0 saturated heterocycles. The molecular weight excluding hydrogens is 290 g/mol. The molecule has 0 spiro atoms. The maximum atomic E-state index is 14.7. The van der Waals surface area contributed by atoms with Crippen molar-refractivity contribution in [2.75, 3.05) is 6.61 Å². The lowest BCUT2D eigenvalue weighted by Crippen LogP contribution is -2.30. The van der Waals surface area contributed by atoms with Crippen LogP contribution in [0.2, 0.25) is 0 Å². The van der Waals surface area contributed by atoms with Gasteiger partial charge in [-0.2, -0.15) is 0 Å². The Labute approximate surface area is 123 Å². The molecule has 0 bridgehead atoms. The molecule has 3 nitrogen and oxygen atoms in total. The van der Waals surface area contributed by atoms with Crippen LogP contribution in [-0.4, -0.2) is 18.5 Å². The Hall–Kier alpha value is -1.93. The summed E-state index contributed by atoms with van der Waals surface area (Å²) in [4.78, 5) is 11.8. The standard InChI is InChI=1S/C16H16FO3P/c1-2-20-16(18)15(17)21(19,13-9-5-3-6-10-13)14-11-7-4-8-12-14/h3-12,15H,2H2,1H3/t15-/m0/s1. The summed E-state index contributed by atoms with van der Waals surface area (Å²) < 4.78 is 32.7. The first kappa shape index (κ1) is 15.5. The van der Waals surface area contributed by atoms with Crippen molar-refractivity contribution in [2.24, 2.45) is 0 Å². The number of carbonyl (C=O) groups excluding carboxylic acids is 1. The molecule has 110 valence electrons. The lowest BCUT2D eigenvalue weighted by atomic mass is 10.4. The molecule has 0 aliphatic rings. The molecule has 0 saturated carbocycles. The number of carbonyl (C=O) groups is 1. The summed E-state index contributed by atoms with van der Waals surface area (Å²) in [6.45, 7) is 1.63. The van der Waals surface area contributed by atoms with Gasteiger partial charge < -0.3 is 9.30 Å². The molecule has 0 radical (unpaired) electrons. The summed E-state index contributed by atoms with van der Waals surface area (Å²) in [7, 11) is -3.74. The average molecular weight is 306 g/mol. The molecule has 1 atom stereocenters. The molecule has 0 aliphatic heterocycles. The second-order valence-electron chi connectivity index (χ2n) is 4.42. The van der Waals surface area contributed by atoms with Gasteiger partial charge in [0.25, 0.3) is 5.91 Å². The monoisotopic (exact) mass is 306 g/mol. The number of alkyl halides is 1. The molecule has 2 aromatic rings. The van der Waals surface area contributed by atoms with Crippen molar-refractivity contribution in [1.29, 1.82) is 0 Å².